The van der Waals surface area contributed by atoms with Gasteiger partial charge in [-0.15, -0.1) is 11.8 Å². The molecule has 0 atom stereocenters. The summed E-state index contributed by atoms with van der Waals surface area (Å²) in [5.74, 6) is 0.259. The molecule has 23 heavy (non-hydrogen) atoms. The molecule has 0 bridgehead atoms. The van der Waals surface area contributed by atoms with Crippen LogP contribution in [0.4, 0.5) is 10.1 Å². The second-order valence-corrected chi connectivity index (χ2v) is 6.67. The number of benzene rings is 2. The second-order valence-electron chi connectivity index (χ2n) is 4.88. The summed E-state index contributed by atoms with van der Waals surface area (Å²) < 4.78 is 12.9. The predicted octanol–water partition coefficient (Wildman–Crippen LogP) is 5.43. The first-order valence-corrected chi connectivity index (χ1v) is 8.95. The lowest BCUT2D eigenvalue weighted by Gasteiger charge is -2.10. The summed E-state index contributed by atoms with van der Waals surface area (Å²) in [5, 5.41) is 7.07. The van der Waals surface area contributed by atoms with Crippen LogP contribution in [0, 0.1) is 5.82 Å². The van der Waals surface area contributed by atoms with Crippen molar-refractivity contribution in [2.75, 3.05) is 5.32 Å². The second kappa shape index (κ2) is 7.44. The van der Waals surface area contributed by atoms with Crippen molar-refractivity contribution in [2.45, 2.75) is 10.6 Å². The number of thioether (sulfide) groups is 1. The molecular weight excluding hydrogens is 329 g/mol. The Morgan fingerprint density at radius 3 is 2.61 bits per heavy atom. The Kier molecular flexibility index (Phi) is 5.10. The largest absolute Gasteiger partial charge is 0.321 e. The Hall–Kier alpha value is -2.11. The van der Waals surface area contributed by atoms with Gasteiger partial charge in [0, 0.05) is 16.2 Å². The highest BCUT2D eigenvalue weighted by atomic mass is 32.2. The number of nitrogens with one attached hydrogen (secondary N) is 1. The van der Waals surface area contributed by atoms with Crippen LogP contribution in [0.2, 0.25) is 0 Å². The number of carbonyl (C=O) groups excluding carboxylic acids is 1. The lowest BCUT2D eigenvalue weighted by molar-refractivity contribution is 0.102. The molecule has 0 aliphatic rings. The van der Waals surface area contributed by atoms with Gasteiger partial charge in [0.05, 0.1) is 5.69 Å². The molecule has 1 amide bonds. The molecule has 0 spiro atoms. The number of rotatable bonds is 5. The third-order valence-electron chi connectivity index (χ3n) is 3.22. The van der Waals surface area contributed by atoms with E-state index < -0.39 is 0 Å². The number of para-hydroxylation sites is 1. The number of thiophene rings is 1. The van der Waals surface area contributed by atoms with Gasteiger partial charge in [-0.25, -0.2) is 4.39 Å². The Morgan fingerprint density at radius 1 is 1.09 bits per heavy atom. The van der Waals surface area contributed by atoms with Crippen molar-refractivity contribution < 1.29 is 9.18 Å². The molecule has 3 rings (SSSR count). The van der Waals surface area contributed by atoms with Crippen LogP contribution in [0.25, 0.3) is 0 Å². The average Bonchev–Trinajstić information content (AvgIpc) is 3.08. The smallest absolute Gasteiger partial charge is 0.255 e. The van der Waals surface area contributed by atoms with Gasteiger partial charge in [0.2, 0.25) is 0 Å². The number of hydrogen-bond acceptors (Lipinski definition) is 3. The molecule has 0 aliphatic carbocycles. The number of carbonyl (C=O) groups is 1. The number of halogens is 1. The highest BCUT2D eigenvalue weighted by Crippen LogP contribution is 2.30. The van der Waals surface area contributed by atoms with E-state index in [1.54, 1.807) is 23.1 Å². The first-order valence-electron chi connectivity index (χ1n) is 7.02. The van der Waals surface area contributed by atoms with Gasteiger partial charge in [-0.05, 0) is 58.8 Å². The molecule has 0 fully saturated rings. The number of amides is 1. The summed E-state index contributed by atoms with van der Waals surface area (Å²) in [6.07, 6.45) is 0. The van der Waals surface area contributed by atoms with E-state index in [9.17, 15) is 9.18 Å². The van der Waals surface area contributed by atoms with Crippen LogP contribution in [-0.4, -0.2) is 5.91 Å². The van der Waals surface area contributed by atoms with Gasteiger partial charge < -0.3 is 5.32 Å². The minimum Gasteiger partial charge on any atom is -0.321 e. The van der Waals surface area contributed by atoms with Crippen molar-refractivity contribution in [3.05, 3.63) is 82.3 Å². The third kappa shape index (κ3) is 4.21. The zero-order valence-corrected chi connectivity index (χ0v) is 13.8. The fraction of sp³-hybridized carbons (Fsp3) is 0.0556. The normalized spacial score (nSPS) is 10.5. The van der Waals surface area contributed by atoms with Crippen LogP contribution in [0.15, 0.2) is 70.3 Å². The molecule has 116 valence electrons. The van der Waals surface area contributed by atoms with Gasteiger partial charge in [0.1, 0.15) is 5.82 Å². The molecule has 1 heterocycles. The summed E-state index contributed by atoms with van der Waals surface area (Å²) in [5.41, 5.74) is 2.46. The van der Waals surface area contributed by atoms with E-state index in [4.69, 9.17) is 0 Å². The van der Waals surface area contributed by atoms with Crippen LogP contribution < -0.4 is 5.32 Å². The van der Waals surface area contributed by atoms with Crippen molar-refractivity contribution in [2.24, 2.45) is 0 Å². The molecule has 0 unspecified atom stereocenters. The molecule has 0 saturated carbocycles. The molecule has 1 aromatic heterocycles. The minimum absolute atomic E-state index is 0.242. The van der Waals surface area contributed by atoms with E-state index in [0.717, 1.165) is 16.3 Å². The Labute approximate surface area is 142 Å². The molecule has 0 radical (unpaired) electrons. The van der Waals surface area contributed by atoms with Gasteiger partial charge in [0.15, 0.2) is 0 Å². The lowest BCUT2D eigenvalue weighted by Crippen LogP contribution is -2.12. The molecule has 0 saturated heterocycles. The van der Waals surface area contributed by atoms with Gasteiger partial charge >= 0.3 is 0 Å². The molecule has 2 nitrogen and oxygen atoms in total. The summed E-state index contributed by atoms with van der Waals surface area (Å²) in [4.78, 5) is 13.3. The van der Waals surface area contributed by atoms with Gasteiger partial charge in [-0.1, -0.05) is 12.1 Å². The van der Waals surface area contributed by atoms with Crippen LogP contribution >= 0.6 is 23.1 Å². The summed E-state index contributed by atoms with van der Waals surface area (Å²) >= 11 is 3.35. The van der Waals surface area contributed by atoms with E-state index >= 15 is 0 Å². The number of anilines is 1. The number of hydrogen-bond donors (Lipinski definition) is 1. The maximum Gasteiger partial charge on any atom is 0.255 e. The predicted molar refractivity (Wildman–Crippen MR) is 94.7 cm³/mol. The van der Waals surface area contributed by atoms with E-state index in [-0.39, 0.29) is 11.7 Å². The Balaban J connectivity index is 1.72. The third-order valence-corrected chi connectivity index (χ3v) is 5.09. The van der Waals surface area contributed by atoms with E-state index in [1.807, 2.05) is 24.3 Å². The SMILES string of the molecule is O=C(Nc1ccccc1SCc1ccsc1)c1ccc(F)cc1. The Bertz CT molecular complexity index is 785. The first-order chi connectivity index (χ1) is 11.2. The van der Waals surface area contributed by atoms with E-state index in [1.165, 1.54) is 29.8 Å². The van der Waals surface area contributed by atoms with Gasteiger partial charge in [-0.2, -0.15) is 11.3 Å². The van der Waals surface area contributed by atoms with Gasteiger partial charge in [0.25, 0.3) is 5.91 Å². The van der Waals surface area contributed by atoms with Crippen molar-refractivity contribution in [3.63, 3.8) is 0 Å². The Morgan fingerprint density at radius 2 is 1.87 bits per heavy atom. The standard InChI is InChI=1S/C18H14FNOS2/c19-15-7-5-14(6-8-15)18(21)20-16-3-1-2-4-17(16)23-12-13-9-10-22-11-13/h1-11H,12H2,(H,20,21). The van der Waals surface area contributed by atoms with Crippen molar-refractivity contribution in [1.82, 2.24) is 0 Å². The van der Waals surface area contributed by atoms with E-state index in [0.29, 0.717) is 5.56 Å². The van der Waals surface area contributed by atoms with Crippen LogP contribution in [0.1, 0.15) is 15.9 Å². The zero-order valence-electron chi connectivity index (χ0n) is 12.2. The summed E-state index contributed by atoms with van der Waals surface area (Å²) in [6.45, 7) is 0. The van der Waals surface area contributed by atoms with Crippen molar-refractivity contribution >= 4 is 34.7 Å². The molecule has 5 heteroatoms. The van der Waals surface area contributed by atoms with E-state index in [2.05, 4.69) is 22.1 Å². The molecule has 1 N–H and O–H groups in total. The van der Waals surface area contributed by atoms with Crippen LogP contribution in [-0.2, 0) is 5.75 Å². The molecule has 2 aromatic carbocycles. The fourth-order valence-corrected chi connectivity index (χ4v) is 3.75. The maximum atomic E-state index is 12.9. The van der Waals surface area contributed by atoms with Crippen molar-refractivity contribution in [1.29, 1.82) is 0 Å². The average molecular weight is 343 g/mol. The quantitative estimate of drug-likeness (QED) is 0.626. The fourth-order valence-electron chi connectivity index (χ4n) is 2.03. The minimum atomic E-state index is -0.353. The topological polar surface area (TPSA) is 29.1 Å². The molecular formula is C18H14FNOS2. The van der Waals surface area contributed by atoms with Gasteiger partial charge in [-0.3, -0.25) is 4.79 Å². The molecule has 0 aliphatic heterocycles. The molecule has 3 aromatic rings. The van der Waals surface area contributed by atoms with Crippen molar-refractivity contribution in [3.8, 4) is 0 Å². The maximum absolute atomic E-state index is 12.9. The monoisotopic (exact) mass is 343 g/mol. The first kappa shape index (κ1) is 15.8. The highest BCUT2D eigenvalue weighted by molar-refractivity contribution is 7.98. The lowest BCUT2D eigenvalue weighted by atomic mass is 10.2. The summed E-state index contributed by atoms with van der Waals surface area (Å²) in [6, 6.07) is 15.3. The zero-order chi connectivity index (χ0) is 16.1. The van der Waals surface area contributed by atoms with Crippen LogP contribution in [0.3, 0.4) is 0 Å². The highest BCUT2D eigenvalue weighted by Gasteiger charge is 2.09. The van der Waals surface area contributed by atoms with Crippen LogP contribution in [0.5, 0.6) is 0 Å². The summed E-state index contributed by atoms with van der Waals surface area (Å²) in [7, 11) is 0.